The molecule has 186 valence electrons. The van der Waals surface area contributed by atoms with Gasteiger partial charge in [0, 0.05) is 71.0 Å². The van der Waals surface area contributed by atoms with Gasteiger partial charge in [0.2, 0.25) is 0 Å². The highest BCUT2D eigenvalue weighted by atomic mass is 32.2. The predicted octanol–water partition coefficient (Wildman–Crippen LogP) is 5.58. The minimum absolute atomic E-state index is 0.110. The second-order valence-electron chi connectivity index (χ2n) is 9.20. The molecule has 3 rings (SSSR count). The third kappa shape index (κ3) is 6.51. The average Bonchev–Trinajstić information content (AvgIpc) is 2.85. The quantitative estimate of drug-likeness (QED) is 0.209. The van der Waals surface area contributed by atoms with Crippen LogP contribution in [0, 0.1) is 0 Å². The van der Waals surface area contributed by atoms with Gasteiger partial charge >= 0.3 is 5.97 Å². The standard InChI is InChI=1S/C29H37N3O2S/c1-30(2)23-12-8-21(9-13-23)28(22-10-14-24(15-11-22)31(3)4)26-17-16-25(32(5)6)20-27(26)29(33)34-18-19-35-7/h8-17,20,28H,18-19H2,1-7H3. The maximum atomic E-state index is 13.3. The number of thioether (sulfide) groups is 1. The van der Waals surface area contributed by atoms with Gasteiger partial charge in [-0.25, -0.2) is 4.79 Å². The number of nitrogens with zero attached hydrogens (tertiary/aromatic N) is 3. The van der Waals surface area contributed by atoms with Crippen LogP contribution in [-0.2, 0) is 4.74 Å². The van der Waals surface area contributed by atoms with Gasteiger partial charge in [-0.15, -0.1) is 0 Å². The van der Waals surface area contributed by atoms with Crippen molar-refractivity contribution >= 4 is 34.8 Å². The molecule has 0 radical (unpaired) electrons. The molecule has 0 N–H and O–H groups in total. The topological polar surface area (TPSA) is 36.0 Å². The molecule has 0 heterocycles. The third-order valence-electron chi connectivity index (χ3n) is 6.09. The van der Waals surface area contributed by atoms with Gasteiger partial charge in [0.25, 0.3) is 0 Å². The van der Waals surface area contributed by atoms with Crippen LogP contribution in [0.3, 0.4) is 0 Å². The van der Waals surface area contributed by atoms with Crippen molar-refractivity contribution in [3.8, 4) is 0 Å². The molecule has 0 aromatic heterocycles. The van der Waals surface area contributed by atoms with Crippen molar-refractivity contribution in [2.24, 2.45) is 0 Å². The summed E-state index contributed by atoms with van der Waals surface area (Å²) in [5, 5.41) is 0. The molecule has 3 aromatic rings. The lowest BCUT2D eigenvalue weighted by Crippen LogP contribution is -2.17. The molecule has 0 amide bonds. The maximum Gasteiger partial charge on any atom is 0.338 e. The number of carbonyl (C=O) groups is 1. The Morgan fingerprint density at radius 2 is 1.20 bits per heavy atom. The number of carbonyl (C=O) groups excluding carboxylic acids is 1. The first-order valence-electron chi connectivity index (χ1n) is 11.7. The first-order valence-corrected chi connectivity index (χ1v) is 13.1. The van der Waals surface area contributed by atoms with E-state index in [1.807, 2.05) is 59.5 Å². The number of hydrogen-bond donors (Lipinski definition) is 0. The van der Waals surface area contributed by atoms with Crippen molar-refractivity contribution in [3.05, 3.63) is 89.0 Å². The Hall–Kier alpha value is -3.12. The summed E-state index contributed by atoms with van der Waals surface area (Å²) in [6.07, 6.45) is 2.01. The van der Waals surface area contributed by atoms with Crippen LogP contribution in [0.4, 0.5) is 17.1 Å². The van der Waals surface area contributed by atoms with Crippen molar-refractivity contribution in [2.75, 3.05) is 75.6 Å². The zero-order valence-electron chi connectivity index (χ0n) is 21.9. The van der Waals surface area contributed by atoms with E-state index in [0.717, 1.165) is 39.5 Å². The number of anilines is 3. The molecular weight excluding hydrogens is 454 g/mol. The zero-order chi connectivity index (χ0) is 25.5. The van der Waals surface area contributed by atoms with Gasteiger partial charge in [0.15, 0.2) is 0 Å². The Morgan fingerprint density at radius 1 is 0.743 bits per heavy atom. The second-order valence-corrected chi connectivity index (χ2v) is 10.2. The van der Waals surface area contributed by atoms with Crippen molar-refractivity contribution in [1.82, 2.24) is 0 Å². The molecule has 35 heavy (non-hydrogen) atoms. The number of ether oxygens (including phenoxy) is 1. The summed E-state index contributed by atoms with van der Waals surface area (Å²) < 4.78 is 5.68. The normalized spacial score (nSPS) is 10.9. The predicted molar refractivity (Wildman–Crippen MR) is 152 cm³/mol. The molecule has 0 aliphatic heterocycles. The molecule has 0 aliphatic rings. The van der Waals surface area contributed by atoms with E-state index in [2.05, 4.69) is 70.5 Å². The highest BCUT2D eigenvalue weighted by molar-refractivity contribution is 7.98. The van der Waals surface area contributed by atoms with Crippen LogP contribution in [0.15, 0.2) is 66.7 Å². The van der Waals surface area contributed by atoms with E-state index in [-0.39, 0.29) is 11.9 Å². The van der Waals surface area contributed by atoms with Crippen molar-refractivity contribution < 1.29 is 9.53 Å². The fraction of sp³-hybridized carbons (Fsp3) is 0.345. The summed E-state index contributed by atoms with van der Waals surface area (Å²) >= 11 is 1.66. The SMILES string of the molecule is CSCCOC(=O)c1cc(N(C)C)ccc1C(c1ccc(N(C)C)cc1)c1ccc(N(C)C)cc1. The molecule has 0 atom stereocenters. The molecule has 3 aromatic carbocycles. The maximum absolute atomic E-state index is 13.3. The van der Waals surface area contributed by atoms with Crippen LogP contribution in [0.1, 0.15) is 33.0 Å². The van der Waals surface area contributed by atoms with Crippen molar-refractivity contribution in [1.29, 1.82) is 0 Å². The summed E-state index contributed by atoms with van der Waals surface area (Å²) in [6, 6.07) is 23.2. The highest BCUT2D eigenvalue weighted by Crippen LogP contribution is 2.37. The lowest BCUT2D eigenvalue weighted by Gasteiger charge is -2.24. The molecule has 0 spiro atoms. The molecule has 0 aliphatic carbocycles. The summed E-state index contributed by atoms with van der Waals surface area (Å²) in [7, 11) is 12.1. The third-order valence-corrected chi connectivity index (χ3v) is 6.67. The smallest absolute Gasteiger partial charge is 0.338 e. The summed E-state index contributed by atoms with van der Waals surface area (Å²) in [5.41, 5.74) is 7.05. The molecular formula is C29H37N3O2S. The van der Waals surface area contributed by atoms with Gasteiger partial charge in [0.1, 0.15) is 6.61 Å². The minimum Gasteiger partial charge on any atom is -0.461 e. The number of hydrogen-bond acceptors (Lipinski definition) is 6. The molecule has 0 saturated carbocycles. The number of benzene rings is 3. The average molecular weight is 492 g/mol. The van der Waals surface area contributed by atoms with Gasteiger partial charge in [-0.2, -0.15) is 11.8 Å². The van der Waals surface area contributed by atoms with E-state index in [9.17, 15) is 4.79 Å². The van der Waals surface area contributed by atoms with E-state index in [0.29, 0.717) is 12.2 Å². The van der Waals surface area contributed by atoms with E-state index < -0.39 is 0 Å². The monoisotopic (exact) mass is 491 g/mol. The summed E-state index contributed by atoms with van der Waals surface area (Å²) in [5.74, 6) is 0.384. The molecule has 0 unspecified atom stereocenters. The van der Waals surface area contributed by atoms with Crippen LogP contribution in [0.5, 0.6) is 0 Å². The molecule has 0 saturated heterocycles. The molecule has 0 bridgehead atoms. The van der Waals surface area contributed by atoms with Crippen LogP contribution >= 0.6 is 11.8 Å². The van der Waals surface area contributed by atoms with E-state index >= 15 is 0 Å². The van der Waals surface area contributed by atoms with Crippen LogP contribution in [0.2, 0.25) is 0 Å². The molecule has 6 heteroatoms. The first-order chi connectivity index (χ1) is 16.7. The van der Waals surface area contributed by atoms with Gasteiger partial charge in [0.05, 0.1) is 5.56 Å². The molecule has 5 nitrogen and oxygen atoms in total. The molecule has 0 fully saturated rings. The zero-order valence-corrected chi connectivity index (χ0v) is 22.7. The largest absolute Gasteiger partial charge is 0.461 e. The van der Waals surface area contributed by atoms with Crippen LogP contribution in [0.25, 0.3) is 0 Å². The van der Waals surface area contributed by atoms with Gasteiger partial charge in [-0.1, -0.05) is 30.3 Å². The minimum atomic E-state index is -0.280. The van der Waals surface area contributed by atoms with Crippen molar-refractivity contribution in [2.45, 2.75) is 5.92 Å². The van der Waals surface area contributed by atoms with Crippen LogP contribution in [-0.4, -0.2) is 66.9 Å². The summed E-state index contributed by atoms with van der Waals surface area (Å²) in [6.45, 7) is 0.394. The van der Waals surface area contributed by atoms with Gasteiger partial charge in [-0.05, 0) is 59.3 Å². The Labute approximate surface area is 214 Å². The second kappa shape index (κ2) is 12.0. The van der Waals surface area contributed by atoms with Gasteiger partial charge < -0.3 is 19.4 Å². The first kappa shape index (κ1) is 26.5. The Balaban J connectivity index is 2.17. The summed E-state index contributed by atoms with van der Waals surface area (Å²) in [4.78, 5) is 19.5. The Kier molecular flexibility index (Phi) is 9.10. The van der Waals surface area contributed by atoms with Gasteiger partial charge in [-0.3, -0.25) is 0 Å². The fourth-order valence-electron chi connectivity index (χ4n) is 4.03. The Bertz CT molecular complexity index is 1060. The van der Waals surface area contributed by atoms with Crippen molar-refractivity contribution in [3.63, 3.8) is 0 Å². The van der Waals surface area contributed by atoms with Crippen LogP contribution < -0.4 is 14.7 Å². The van der Waals surface area contributed by atoms with E-state index in [1.165, 1.54) is 0 Å². The Morgan fingerprint density at radius 3 is 1.63 bits per heavy atom. The van der Waals surface area contributed by atoms with E-state index in [4.69, 9.17) is 4.74 Å². The fourth-order valence-corrected chi connectivity index (χ4v) is 4.28. The van der Waals surface area contributed by atoms with E-state index in [1.54, 1.807) is 11.8 Å². The number of esters is 1. The lowest BCUT2D eigenvalue weighted by atomic mass is 9.82. The lowest BCUT2D eigenvalue weighted by molar-refractivity contribution is 0.0529. The highest BCUT2D eigenvalue weighted by Gasteiger charge is 2.25. The number of rotatable bonds is 10.